The van der Waals surface area contributed by atoms with Crippen molar-refractivity contribution in [2.45, 2.75) is 0 Å². The van der Waals surface area contributed by atoms with Crippen LogP contribution in [0, 0.1) is 0 Å². The maximum absolute atomic E-state index is 4.18. The summed E-state index contributed by atoms with van der Waals surface area (Å²) in [7, 11) is 0. The standard InChI is InChI=1S/C9H7N5/c1-2-8(7-4-11-12-5-7)9-10-6-13-14(9)3-1/h1-6H,(H,11,12). The van der Waals surface area contributed by atoms with Crippen LogP contribution in [0.1, 0.15) is 0 Å². The highest BCUT2D eigenvalue weighted by Gasteiger charge is 2.05. The van der Waals surface area contributed by atoms with Gasteiger partial charge >= 0.3 is 0 Å². The fraction of sp³-hybridized carbons (Fsp3) is 0. The lowest BCUT2D eigenvalue weighted by Gasteiger charge is -1.97. The maximum Gasteiger partial charge on any atom is 0.163 e. The van der Waals surface area contributed by atoms with Gasteiger partial charge in [0.05, 0.1) is 6.20 Å². The van der Waals surface area contributed by atoms with Gasteiger partial charge in [0.15, 0.2) is 5.65 Å². The Labute approximate surface area is 79.4 Å². The summed E-state index contributed by atoms with van der Waals surface area (Å²) >= 11 is 0. The largest absolute Gasteiger partial charge is 0.285 e. The van der Waals surface area contributed by atoms with E-state index >= 15 is 0 Å². The number of hydrogen-bond donors (Lipinski definition) is 1. The Balaban J connectivity index is 2.36. The number of pyridine rings is 1. The zero-order chi connectivity index (χ0) is 9.38. The van der Waals surface area contributed by atoms with E-state index in [-0.39, 0.29) is 0 Å². The van der Waals surface area contributed by atoms with Crippen LogP contribution in [0.4, 0.5) is 0 Å². The van der Waals surface area contributed by atoms with E-state index in [2.05, 4.69) is 20.3 Å². The second kappa shape index (κ2) is 2.66. The quantitative estimate of drug-likeness (QED) is 0.618. The Morgan fingerprint density at radius 3 is 3.21 bits per heavy atom. The van der Waals surface area contributed by atoms with Crippen molar-refractivity contribution in [2.75, 3.05) is 0 Å². The highest BCUT2D eigenvalue weighted by atomic mass is 15.3. The van der Waals surface area contributed by atoms with E-state index in [1.165, 1.54) is 0 Å². The molecule has 14 heavy (non-hydrogen) atoms. The lowest BCUT2D eigenvalue weighted by molar-refractivity contribution is 0.962. The molecule has 3 rings (SSSR count). The van der Waals surface area contributed by atoms with E-state index in [1.54, 1.807) is 17.0 Å². The van der Waals surface area contributed by atoms with Crippen molar-refractivity contribution in [3.05, 3.63) is 37.1 Å². The van der Waals surface area contributed by atoms with Crippen LogP contribution < -0.4 is 0 Å². The molecule has 68 valence electrons. The maximum atomic E-state index is 4.18. The van der Waals surface area contributed by atoms with Crippen LogP contribution in [0.2, 0.25) is 0 Å². The van der Waals surface area contributed by atoms with Gasteiger partial charge in [-0.15, -0.1) is 0 Å². The summed E-state index contributed by atoms with van der Waals surface area (Å²) in [5.41, 5.74) is 2.89. The van der Waals surface area contributed by atoms with Crippen LogP contribution in [-0.4, -0.2) is 24.8 Å². The fourth-order valence-corrected chi connectivity index (χ4v) is 1.47. The number of aromatic nitrogens is 5. The van der Waals surface area contributed by atoms with Gasteiger partial charge in [0.25, 0.3) is 0 Å². The third-order valence-electron chi connectivity index (χ3n) is 2.11. The van der Waals surface area contributed by atoms with Crippen molar-refractivity contribution in [3.8, 4) is 11.1 Å². The molecule has 5 heteroatoms. The lowest BCUT2D eigenvalue weighted by atomic mass is 10.1. The highest BCUT2D eigenvalue weighted by Crippen LogP contribution is 2.20. The number of aromatic amines is 1. The van der Waals surface area contributed by atoms with E-state index in [0.717, 1.165) is 16.8 Å². The first kappa shape index (κ1) is 7.25. The first-order valence-corrected chi connectivity index (χ1v) is 4.22. The topological polar surface area (TPSA) is 58.9 Å². The Kier molecular flexibility index (Phi) is 1.38. The van der Waals surface area contributed by atoms with Crippen molar-refractivity contribution < 1.29 is 0 Å². The minimum atomic E-state index is 0.842. The van der Waals surface area contributed by atoms with E-state index in [9.17, 15) is 0 Å². The van der Waals surface area contributed by atoms with Gasteiger partial charge in [-0.3, -0.25) is 5.10 Å². The molecule has 0 atom stereocenters. The molecule has 0 aliphatic carbocycles. The minimum absolute atomic E-state index is 0.842. The number of rotatable bonds is 1. The average Bonchev–Trinajstić information content (AvgIpc) is 2.88. The van der Waals surface area contributed by atoms with E-state index in [4.69, 9.17) is 0 Å². The third kappa shape index (κ3) is 0.922. The molecule has 3 aromatic rings. The van der Waals surface area contributed by atoms with Gasteiger partial charge in [-0.05, 0) is 12.1 Å². The Bertz CT molecular complexity index is 551. The van der Waals surface area contributed by atoms with Crippen LogP contribution >= 0.6 is 0 Å². The molecular weight excluding hydrogens is 178 g/mol. The Morgan fingerprint density at radius 1 is 1.36 bits per heavy atom. The first-order valence-electron chi connectivity index (χ1n) is 4.22. The summed E-state index contributed by atoms with van der Waals surface area (Å²) in [6.45, 7) is 0. The second-order valence-electron chi connectivity index (χ2n) is 2.94. The summed E-state index contributed by atoms with van der Waals surface area (Å²) in [5, 5.41) is 10.7. The van der Waals surface area contributed by atoms with Gasteiger partial charge in [0.1, 0.15) is 6.33 Å². The first-order chi connectivity index (χ1) is 6.95. The monoisotopic (exact) mass is 185 g/mol. The number of hydrogen-bond acceptors (Lipinski definition) is 3. The number of nitrogens with zero attached hydrogens (tertiary/aromatic N) is 4. The SMILES string of the molecule is c1cc(-c2cn[nH]c2)c2ncnn2c1. The van der Waals surface area contributed by atoms with Crippen LogP contribution in [0.15, 0.2) is 37.1 Å². The minimum Gasteiger partial charge on any atom is -0.285 e. The molecule has 0 saturated carbocycles. The van der Waals surface area contributed by atoms with Gasteiger partial charge in [0, 0.05) is 23.5 Å². The summed E-state index contributed by atoms with van der Waals surface area (Å²) in [5.74, 6) is 0. The molecule has 3 aromatic heterocycles. The molecule has 0 aliphatic rings. The van der Waals surface area contributed by atoms with Gasteiger partial charge in [-0.1, -0.05) is 0 Å². The molecule has 0 radical (unpaired) electrons. The molecule has 0 saturated heterocycles. The lowest BCUT2D eigenvalue weighted by Crippen LogP contribution is -1.88. The van der Waals surface area contributed by atoms with Gasteiger partial charge in [-0.25, -0.2) is 9.50 Å². The molecule has 3 heterocycles. The van der Waals surface area contributed by atoms with E-state index in [0.29, 0.717) is 0 Å². The normalized spacial score (nSPS) is 10.9. The smallest absolute Gasteiger partial charge is 0.163 e. The van der Waals surface area contributed by atoms with Crippen molar-refractivity contribution in [2.24, 2.45) is 0 Å². The molecule has 0 unspecified atom stereocenters. The zero-order valence-corrected chi connectivity index (χ0v) is 7.25. The van der Waals surface area contributed by atoms with E-state index in [1.807, 2.05) is 24.5 Å². The highest BCUT2D eigenvalue weighted by molar-refractivity contribution is 5.75. The number of H-pyrrole nitrogens is 1. The van der Waals surface area contributed by atoms with Crippen molar-refractivity contribution in [1.29, 1.82) is 0 Å². The molecule has 0 fully saturated rings. The molecule has 0 aromatic carbocycles. The van der Waals surface area contributed by atoms with Crippen molar-refractivity contribution >= 4 is 5.65 Å². The average molecular weight is 185 g/mol. The summed E-state index contributed by atoms with van der Waals surface area (Å²) < 4.78 is 1.74. The summed E-state index contributed by atoms with van der Waals surface area (Å²) in [6, 6.07) is 3.93. The predicted molar refractivity (Wildman–Crippen MR) is 50.6 cm³/mol. The molecular formula is C9H7N5. The zero-order valence-electron chi connectivity index (χ0n) is 7.25. The predicted octanol–water partition coefficient (Wildman–Crippen LogP) is 1.12. The number of nitrogens with one attached hydrogen (secondary N) is 1. The second-order valence-corrected chi connectivity index (χ2v) is 2.94. The van der Waals surface area contributed by atoms with Gasteiger partial charge in [-0.2, -0.15) is 10.2 Å². The molecule has 0 aliphatic heterocycles. The van der Waals surface area contributed by atoms with Crippen molar-refractivity contribution in [3.63, 3.8) is 0 Å². The molecule has 1 N–H and O–H groups in total. The molecule has 0 amide bonds. The molecule has 0 spiro atoms. The van der Waals surface area contributed by atoms with Gasteiger partial charge in [0.2, 0.25) is 0 Å². The van der Waals surface area contributed by atoms with Gasteiger partial charge < -0.3 is 0 Å². The van der Waals surface area contributed by atoms with Crippen LogP contribution in [0.25, 0.3) is 16.8 Å². The molecule has 5 nitrogen and oxygen atoms in total. The van der Waals surface area contributed by atoms with Crippen molar-refractivity contribution in [1.82, 2.24) is 24.8 Å². The summed E-state index contributed by atoms with van der Waals surface area (Å²) in [6.07, 6.45) is 7.01. The van der Waals surface area contributed by atoms with E-state index < -0.39 is 0 Å². The van der Waals surface area contributed by atoms with Crippen LogP contribution in [0.3, 0.4) is 0 Å². The molecule has 0 bridgehead atoms. The third-order valence-corrected chi connectivity index (χ3v) is 2.11. The number of fused-ring (bicyclic) bond motifs is 1. The van der Waals surface area contributed by atoms with Crippen LogP contribution in [-0.2, 0) is 0 Å². The van der Waals surface area contributed by atoms with Crippen LogP contribution in [0.5, 0.6) is 0 Å². The Morgan fingerprint density at radius 2 is 2.36 bits per heavy atom. The Hall–Kier alpha value is -2.17. The fourth-order valence-electron chi connectivity index (χ4n) is 1.47. The summed E-state index contributed by atoms with van der Waals surface area (Å²) in [4.78, 5) is 4.18.